The van der Waals surface area contributed by atoms with Crippen molar-refractivity contribution < 1.29 is 19.1 Å². The van der Waals surface area contributed by atoms with Crippen molar-refractivity contribution in [1.29, 1.82) is 0 Å². The Labute approximate surface area is 182 Å². The Bertz CT molecular complexity index is 1120. The van der Waals surface area contributed by atoms with E-state index in [1.54, 1.807) is 36.4 Å². The second-order valence-electron chi connectivity index (χ2n) is 7.68. The average molecular weight is 418 g/mol. The Hall–Kier alpha value is -3.47. The monoisotopic (exact) mass is 417 g/mol. The number of carbonyl (C=O) groups excluding carboxylic acids is 3. The second-order valence-corrected chi connectivity index (χ2v) is 7.68. The lowest BCUT2D eigenvalue weighted by Crippen LogP contribution is -2.17. The number of Topliss-reactive ketones (excluding diaryl/α,β-unsaturated/α-hetero) is 1. The van der Waals surface area contributed by atoms with Gasteiger partial charge in [-0.2, -0.15) is 0 Å². The number of aromatic nitrogens is 1. The lowest BCUT2D eigenvalue weighted by atomic mass is 9.98. The molecule has 0 saturated carbocycles. The maximum absolute atomic E-state index is 12.9. The van der Waals surface area contributed by atoms with Crippen LogP contribution in [0.2, 0.25) is 0 Å². The fourth-order valence-electron chi connectivity index (χ4n) is 3.66. The van der Waals surface area contributed by atoms with Crippen molar-refractivity contribution in [3.63, 3.8) is 0 Å². The number of ketones is 2. The molecule has 0 amide bonds. The minimum absolute atomic E-state index is 0.150. The third kappa shape index (κ3) is 4.82. The Morgan fingerprint density at radius 3 is 2.16 bits per heavy atom. The normalized spacial score (nSPS) is 10.7. The third-order valence-corrected chi connectivity index (χ3v) is 5.36. The van der Waals surface area contributed by atoms with Gasteiger partial charge in [0.25, 0.3) is 0 Å². The number of hydrogen-bond acceptors (Lipinski definition) is 4. The molecule has 0 spiro atoms. The van der Waals surface area contributed by atoms with Gasteiger partial charge in [-0.3, -0.25) is 9.59 Å². The van der Waals surface area contributed by atoms with Crippen LogP contribution in [-0.4, -0.2) is 28.7 Å². The molecule has 0 aliphatic carbocycles. The molecule has 0 radical (unpaired) electrons. The van der Waals surface area contributed by atoms with Gasteiger partial charge in [-0.1, -0.05) is 55.0 Å². The lowest BCUT2D eigenvalue weighted by Gasteiger charge is -2.10. The van der Waals surface area contributed by atoms with Gasteiger partial charge in [-0.05, 0) is 39.3 Å². The predicted molar refractivity (Wildman–Crippen MR) is 120 cm³/mol. The van der Waals surface area contributed by atoms with Crippen LogP contribution in [0.25, 0.3) is 0 Å². The first-order chi connectivity index (χ1) is 14.8. The predicted octanol–water partition coefficient (Wildman–Crippen LogP) is 5.09. The van der Waals surface area contributed by atoms with Crippen molar-refractivity contribution in [3.8, 4) is 0 Å². The van der Waals surface area contributed by atoms with Gasteiger partial charge in [0.2, 0.25) is 5.78 Å². The fraction of sp³-hybridized carbons (Fsp3) is 0.269. The van der Waals surface area contributed by atoms with Crippen molar-refractivity contribution in [1.82, 2.24) is 4.57 Å². The van der Waals surface area contributed by atoms with Crippen LogP contribution in [0, 0.1) is 20.8 Å². The maximum Gasteiger partial charge on any atom is 0.339 e. The minimum Gasteiger partial charge on any atom is -0.454 e. The van der Waals surface area contributed by atoms with Crippen molar-refractivity contribution in [2.75, 3.05) is 6.61 Å². The van der Waals surface area contributed by atoms with Gasteiger partial charge in [0.05, 0.1) is 5.56 Å². The zero-order chi connectivity index (χ0) is 22.5. The molecular formula is C26H27NO4. The highest BCUT2D eigenvalue weighted by Gasteiger charge is 2.21. The molecule has 5 nitrogen and oxygen atoms in total. The van der Waals surface area contributed by atoms with Crippen molar-refractivity contribution in [3.05, 3.63) is 93.8 Å². The second kappa shape index (κ2) is 9.56. The minimum atomic E-state index is -0.688. The highest BCUT2D eigenvalue weighted by atomic mass is 16.5. The third-order valence-electron chi connectivity index (χ3n) is 5.36. The summed E-state index contributed by atoms with van der Waals surface area (Å²) in [6.45, 7) is 8.33. The molecule has 3 aromatic rings. The summed E-state index contributed by atoms with van der Waals surface area (Å²) in [5, 5.41) is 0. The highest BCUT2D eigenvalue weighted by molar-refractivity contribution is 6.14. The van der Waals surface area contributed by atoms with Gasteiger partial charge in [-0.15, -0.1) is 0 Å². The van der Waals surface area contributed by atoms with Gasteiger partial charge in [0.1, 0.15) is 0 Å². The Morgan fingerprint density at radius 2 is 1.52 bits per heavy atom. The molecule has 0 unspecified atom stereocenters. The van der Waals surface area contributed by atoms with Crippen LogP contribution >= 0.6 is 0 Å². The summed E-state index contributed by atoms with van der Waals surface area (Å²) >= 11 is 0. The first kappa shape index (κ1) is 22.2. The quantitative estimate of drug-likeness (QED) is 0.378. The van der Waals surface area contributed by atoms with Crippen LogP contribution in [0.1, 0.15) is 66.9 Å². The summed E-state index contributed by atoms with van der Waals surface area (Å²) in [7, 11) is 0. The first-order valence-electron chi connectivity index (χ1n) is 10.4. The van der Waals surface area contributed by atoms with Crippen LogP contribution < -0.4 is 0 Å². The fourth-order valence-corrected chi connectivity index (χ4v) is 3.66. The zero-order valence-electron chi connectivity index (χ0n) is 18.4. The molecule has 5 heteroatoms. The average Bonchev–Trinajstić information content (AvgIpc) is 3.06. The molecule has 31 heavy (non-hydrogen) atoms. The first-order valence-corrected chi connectivity index (χ1v) is 10.4. The van der Waals surface area contributed by atoms with Crippen molar-refractivity contribution >= 4 is 17.5 Å². The lowest BCUT2D eigenvalue weighted by molar-refractivity contribution is 0.0472. The van der Waals surface area contributed by atoms with E-state index >= 15 is 0 Å². The standard InChI is InChI=1S/C26H27NO4/c1-5-14-27-18(3)15-23(19(27)4)24(28)16-31-26(30)22-9-7-6-8-21(22)25(29)20-12-10-17(2)11-13-20/h6-13,15H,5,14,16H2,1-4H3. The van der Waals surface area contributed by atoms with Crippen LogP contribution in [0.15, 0.2) is 54.6 Å². The Morgan fingerprint density at radius 1 is 0.871 bits per heavy atom. The van der Waals surface area contributed by atoms with E-state index in [2.05, 4.69) is 11.5 Å². The van der Waals surface area contributed by atoms with E-state index in [0.717, 1.165) is 29.9 Å². The van der Waals surface area contributed by atoms with E-state index in [-0.39, 0.29) is 29.3 Å². The van der Waals surface area contributed by atoms with E-state index in [0.29, 0.717) is 11.1 Å². The summed E-state index contributed by atoms with van der Waals surface area (Å²) < 4.78 is 7.39. The van der Waals surface area contributed by atoms with Gasteiger partial charge in [0.15, 0.2) is 12.4 Å². The molecule has 3 rings (SSSR count). The van der Waals surface area contributed by atoms with E-state index in [1.807, 2.05) is 39.0 Å². The molecule has 1 aromatic heterocycles. The van der Waals surface area contributed by atoms with E-state index in [4.69, 9.17) is 4.74 Å². The van der Waals surface area contributed by atoms with Crippen LogP contribution in [0.3, 0.4) is 0 Å². The molecule has 0 bridgehead atoms. The molecule has 160 valence electrons. The number of carbonyl (C=O) groups is 3. The van der Waals surface area contributed by atoms with E-state index in [1.165, 1.54) is 0 Å². The Kier molecular flexibility index (Phi) is 6.85. The largest absolute Gasteiger partial charge is 0.454 e. The molecule has 0 fully saturated rings. The summed E-state index contributed by atoms with van der Waals surface area (Å²) in [5.41, 5.74) is 4.37. The SMILES string of the molecule is CCCn1c(C)cc(C(=O)COC(=O)c2ccccc2C(=O)c2ccc(C)cc2)c1C. The number of nitrogens with zero attached hydrogens (tertiary/aromatic N) is 1. The number of aryl methyl sites for hydroxylation is 2. The van der Waals surface area contributed by atoms with Gasteiger partial charge >= 0.3 is 5.97 Å². The van der Waals surface area contributed by atoms with Crippen molar-refractivity contribution in [2.45, 2.75) is 40.7 Å². The molecular weight excluding hydrogens is 390 g/mol. The van der Waals surface area contributed by atoms with E-state index in [9.17, 15) is 14.4 Å². The number of hydrogen-bond donors (Lipinski definition) is 0. The van der Waals surface area contributed by atoms with Crippen molar-refractivity contribution in [2.24, 2.45) is 0 Å². The molecule has 0 saturated heterocycles. The van der Waals surface area contributed by atoms with E-state index < -0.39 is 5.97 Å². The summed E-state index contributed by atoms with van der Waals surface area (Å²) in [5.74, 6) is -1.21. The summed E-state index contributed by atoms with van der Waals surface area (Å²) in [6.07, 6.45) is 0.963. The number of esters is 1. The number of ether oxygens (including phenoxy) is 1. The number of benzene rings is 2. The zero-order valence-corrected chi connectivity index (χ0v) is 18.4. The molecule has 2 aromatic carbocycles. The van der Waals surface area contributed by atoms with Crippen LogP contribution in [0.5, 0.6) is 0 Å². The van der Waals surface area contributed by atoms with Gasteiger partial charge in [-0.25, -0.2) is 4.79 Å². The van der Waals surface area contributed by atoms with Gasteiger partial charge < -0.3 is 9.30 Å². The highest BCUT2D eigenvalue weighted by Crippen LogP contribution is 2.19. The topological polar surface area (TPSA) is 65.4 Å². The molecule has 1 heterocycles. The Balaban J connectivity index is 1.76. The number of rotatable bonds is 8. The van der Waals surface area contributed by atoms with Crippen LogP contribution in [-0.2, 0) is 11.3 Å². The van der Waals surface area contributed by atoms with Gasteiger partial charge in [0, 0.05) is 34.6 Å². The molecule has 0 atom stereocenters. The summed E-state index contributed by atoms with van der Waals surface area (Å²) in [4.78, 5) is 38.3. The molecule has 0 aliphatic heterocycles. The molecule has 0 aliphatic rings. The molecule has 0 N–H and O–H groups in total. The maximum atomic E-state index is 12.9. The summed E-state index contributed by atoms with van der Waals surface area (Å²) in [6, 6.07) is 15.5. The smallest absolute Gasteiger partial charge is 0.339 e. The van der Waals surface area contributed by atoms with Crippen LogP contribution in [0.4, 0.5) is 0 Å².